The molecule has 0 spiro atoms. The summed E-state index contributed by atoms with van der Waals surface area (Å²) in [6, 6.07) is 7.65. The van der Waals surface area contributed by atoms with Gasteiger partial charge in [-0.3, -0.25) is 0 Å². The summed E-state index contributed by atoms with van der Waals surface area (Å²) in [5.74, 6) is 0. The van der Waals surface area contributed by atoms with E-state index in [0.717, 1.165) is 27.5 Å². The molecule has 72 valence electrons. The number of benzene rings is 1. The SMILES string of the molecule is CC[n+]1ccc(Cl)c2ccc(Cl)cc21. The van der Waals surface area contributed by atoms with E-state index >= 15 is 0 Å². The number of hydrogen-bond acceptors (Lipinski definition) is 0. The van der Waals surface area contributed by atoms with Gasteiger partial charge in [0.15, 0.2) is 6.20 Å². The van der Waals surface area contributed by atoms with Gasteiger partial charge in [-0.15, -0.1) is 0 Å². The summed E-state index contributed by atoms with van der Waals surface area (Å²) < 4.78 is 2.12. The second kappa shape index (κ2) is 3.76. The topological polar surface area (TPSA) is 3.88 Å². The molecule has 1 aromatic carbocycles. The van der Waals surface area contributed by atoms with Gasteiger partial charge in [-0.1, -0.05) is 23.2 Å². The molecule has 1 nitrogen and oxygen atoms in total. The number of halogens is 2. The molecule has 0 aliphatic carbocycles. The zero-order valence-corrected chi connectivity index (χ0v) is 9.31. The zero-order valence-electron chi connectivity index (χ0n) is 7.80. The highest BCUT2D eigenvalue weighted by atomic mass is 35.5. The van der Waals surface area contributed by atoms with Crippen LogP contribution in [-0.4, -0.2) is 0 Å². The molecule has 0 saturated heterocycles. The predicted octanol–water partition coefficient (Wildman–Crippen LogP) is 3.45. The van der Waals surface area contributed by atoms with Gasteiger partial charge in [0.2, 0.25) is 5.52 Å². The maximum Gasteiger partial charge on any atom is 0.215 e. The van der Waals surface area contributed by atoms with Crippen LogP contribution in [0.3, 0.4) is 0 Å². The molecular weight excluding hydrogens is 217 g/mol. The van der Waals surface area contributed by atoms with Crippen molar-refractivity contribution in [1.82, 2.24) is 0 Å². The minimum absolute atomic E-state index is 0.738. The van der Waals surface area contributed by atoms with Gasteiger partial charge in [-0.2, -0.15) is 4.57 Å². The summed E-state index contributed by atoms with van der Waals surface area (Å²) >= 11 is 12.0. The average Bonchev–Trinajstić information content (AvgIpc) is 2.18. The Labute approximate surface area is 92.9 Å². The normalized spacial score (nSPS) is 10.8. The molecular formula is C11H10Cl2N+. The van der Waals surface area contributed by atoms with Crippen LogP contribution in [0.4, 0.5) is 0 Å². The largest absolute Gasteiger partial charge is 0.215 e. The Balaban J connectivity index is 2.85. The highest BCUT2D eigenvalue weighted by Gasteiger charge is 2.10. The number of hydrogen-bond donors (Lipinski definition) is 0. The summed E-state index contributed by atoms with van der Waals surface area (Å²) in [5.41, 5.74) is 1.08. The highest BCUT2D eigenvalue weighted by molar-refractivity contribution is 6.35. The van der Waals surface area contributed by atoms with E-state index in [0.29, 0.717) is 0 Å². The molecule has 0 saturated carbocycles. The molecule has 0 radical (unpaired) electrons. The lowest BCUT2D eigenvalue weighted by atomic mass is 10.2. The second-order valence-corrected chi connectivity index (χ2v) is 3.95. The lowest BCUT2D eigenvalue weighted by Crippen LogP contribution is -2.32. The number of fused-ring (bicyclic) bond motifs is 1. The Morgan fingerprint density at radius 3 is 2.71 bits per heavy atom. The first-order chi connectivity index (χ1) is 6.72. The molecule has 14 heavy (non-hydrogen) atoms. The summed E-state index contributed by atoms with van der Waals surface area (Å²) in [6.07, 6.45) is 1.97. The van der Waals surface area contributed by atoms with Crippen LogP contribution in [0.5, 0.6) is 0 Å². The van der Waals surface area contributed by atoms with E-state index in [9.17, 15) is 0 Å². The van der Waals surface area contributed by atoms with Crippen molar-refractivity contribution in [3.05, 3.63) is 40.5 Å². The van der Waals surface area contributed by atoms with Gasteiger partial charge in [0.25, 0.3) is 0 Å². The van der Waals surface area contributed by atoms with Crippen molar-refractivity contribution in [2.45, 2.75) is 13.5 Å². The molecule has 0 aliphatic rings. The van der Waals surface area contributed by atoms with Crippen LogP contribution in [-0.2, 0) is 6.54 Å². The fourth-order valence-corrected chi connectivity index (χ4v) is 1.93. The average molecular weight is 227 g/mol. The van der Waals surface area contributed by atoms with E-state index in [1.54, 1.807) is 0 Å². The van der Waals surface area contributed by atoms with E-state index in [1.807, 2.05) is 30.5 Å². The molecule has 1 heterocycles. The molecule has 0 atom stereocenters. The van der Waals surface area contributed by atoms with Gasteiger partial charge in [0.1, 0.15) is 6.54 Å². The number of nitrogens with zero attached hydrogens (tertiary/aromatic N) is 1. The molecule has 3 heteroatoms. The standard InChI is InChI=1S/C11H10Cl2N/c1-2-14-6-5-10(13)9-4-3-8(12)7-11(9)14/h3-7H,2H2,1H3/q+1. The first-order valence-electron chi connectivity index (χ1n) is 4.49. The van der Waals surface area contributed by atoms with Crippen LogP contribution in [0.15, 0.2) is 30.5 Å². The lowest BCUT2D eigenvalue weighted by molar-refractivity contribution is -0.667. The van der Waals surface area contributed by atoms with Crippen molar-refractivity contribution in [2.24, 2.45) is 0 Å². The van der Waals surface area contributed by atoms with E-state index in [-0.39, 0.29) is 0 Å². The molecule has 0 N–H and O–H groups in total. The Morgan fingerprint density at radius 2 is 2.00 bits per heavy atom. The van der Waals surface area contributed by atoms with Crippen molar-refractivity contribution >= 4 is 34.1 Å². The van der Waals surface area contributed by atoms with Crippen LogP contribution in [0.1, 0.15) is 6.92 Å². The minimum atomic E-state index is 0.738. The van der Waals surface area contributed by atoms with Gasteiger partial charge in [-0.05, 0) is 19.1 Å². The Morgan fingerprint density at radius 1 is 1.21 bits per heavy atom. The maximum absolute atomic E-state index is 6.08. The van der Waals surface area contributed by atoms with Crippen molar-refractivity contribution < 1.29 is 4.57 Å². The smallest absolute Gasteiger partial charge is 0.198 e. The third-order valence-electron chi connectivity index (χ3n) is 2.27. The molecule has 0 amide bonds. The first-order valence-corrected chi connectivity index (χ1v) is 5.25. The quantitative estimate of drug-likeness (QED) is 0.657. The minimum Gasteiger partial charge on any atom is -0.198 e. The molecule has 2 rings (SSSR count). The van der Waals surface area contributed by atoms with Crippen molar-refractivity contribution in [2.75, 3.05) is 0 Å². The monoisotopic (exact) mass is 226 g/mol. The number of rotatable bonds is 1. The summed E-state index contributed by atoms with van der Waals surface area (Å²) in [5, 5.41) is 2.55. The van der Waals surface area contributed by atoms with Gasteiger partial charge < -0.3 is 0 Å². The molecule has 0 bridgehead atoms. The number of aryl methyl sites for hydroxylation is 1. The summed E-state index contributed by atoms with van der Waals surface area (Å²) in [7, 11) is 0. The second-order valence-electron chi connectivity index (χ2n) is 3.11. The summed E-state index contributed by atoms with van der Waals surface area (Å²) in [4.78, 5) is 0. The van der Waals surface area contributed by atoms with Crippen LogP contribution >= 0.6 is 23.2 Å². The van der Waals surface area contributed by atoms with Crippen molar-refractivity contribution in [3.8, 4) is 0 Å². The lowest BCUT2D eigenvalue weighted by Gasteiger charge is -2.00. The van der Waals surface area contributed by atoms with E-state index < -0.39 is 0 Å². The number of aromatic nitrogens is 1. The van der Waals surface area contributed by atoms with Crippen LogP contribution in [0.25, 0.3) is 10.9 Å². The number of pyridine rings is 1. The Kier molecular flexibility index (Phi) is 2.62. The van der Waals surface area contributed by atoms with Crippen LogP contribution in [0, 0.1) is 0 Å². The highest BCUT2D eigenvalue weighted by Crippen LogP contribution is 2.23. The van der Waals surface area contributed by atoms with Crippen molar-refractivity contribution in [3.63, 3.8) is 0 Å². The third-order valence-corrected chi connectivity index (χ3v) is 2.83. The van der Waals surface area contributed by atoms with Gasteiger partial charge in [0.05, 0.1) is 10.4 Å². The Bertz CT molecular complexity index is 480. The fraction of sp³-hybridized carbons (Fsp3) is 0.182. The zero-order chi connectivity index (χ0) is 10.1. The molecule has 0 fully saturated rings. The molecule has 2 aromatic rings. The fourth-order valence-electron chi connectivity index (χ4n) is 1.55. The van der Waals surface area contributed by atoms with Gasteiger partial charge in [-0.25, -0.2) is 0 Å². The van der Waals surface area contributed by atoms with E-state index in [2.05, 4.69) is 11.5 Å². The van der Waals surface area contributed by atoms with Gasteiger partial charge >= 0.3 is 0 Å². The predicted molar refractivity (Wildman–Crippen MR) is 59.8 cm³/mol. The maximum atomic E-state index is 6.08. The van der Waals surface area contributed by atoms with E-state index in [4.69, 9.17) is 23.2 Å². The molecule has 0 aliphatic heterocycles. The van der Waals surface area contributed by atoms with Crippen LogP contribution < -0.4 is 4.57 Å². The van der Waals surface area contributed by atoms with Crippen LogP contribution in [0.2, 0.25) is 10.0 Å². The Hall–Kier alpha value is -0.790. The molecule has 0 unspecified atom stereocenters. The first kappa shape index (κ1) is 9.75. The van der Waals surface area contributed by atoms with E-state index in [1.165, 1.54) is 0 Å². The van der Waals surface area contributed by atoms with Crippen molar-refractivity contribution in [1.29, 1.82) is 0 Å². The molecule has 1 aromatic heterocycles. The van der Waals surface area contributed by atoms with Gasteiger partial charge in [0, 0.05) is 17.2 Å². The summed E-state index contributed by atoms with van der Waals surface area (Å²) in [6.45, 7) is 3.00. The third kappa shape index (κ3) is 1.58.